The first kappa shape index (κ1) is 14.9. The molecule has 122 valence electrons. The molecular weight excluding hydrogens is 308 g/mol. The minimum absolute atomic E-state index is 0.0877. The lowest BCUT2D eigenvalue weighted by atomic mass is 9.94. The van der Waals surface area contributed by atoms with E-state index in [2.05, 4.69) is 17.1 Å². The third-order valence-corrected chi connectivity index (χ3v) is 5.14. The van der Waals surface area contributed by atoms with Crippen molar-refractivity contribution in [2.45, 2.75) is 18.8 Å². The van der Waals surface area contributed by atoms with E-state index in [1.54, 1.807) is 0 Å². The molecule has 1 aliphatic carbocycles. The lowest BCUT2D eigenvalue weighted by molar-refractivity contribution is -0.184. The molecule has 0 unspecified atom stereocenters. The molecule has 7 heteroatoms. The predicted octanol–water partition coefficient (Wildman–Crippen LogP) is 1.27. The van der Waals surface area contributed by atoms with Crippen LogP contribution in [-0.2, 0) is 9.47 Å². The Labute approximate surface area is 139 Å². The molecule has 1 spiro atoms. The molecule has 1 saturated carbocycles. The Bertz CT molecular complexity index is 818. The maximum atomic E-state index is 10.0. The minimum Gasteiger partial charge on any atom is -0.494 e. The fourth-order valence-corrected chi connectivity index (χ4v) is 4.19. The van der Waals surface area contributed by atoms with E-state index in [0.717, 1.165) is 5.56 Å². The molecule has 0 amide bonds. The van der Waals surface area contributed by atoms with E-state index in [0.29, 0.717) is 25.6 Å². The number of nitrogens with two attached hydrogens (primary N) is 1. The van der Waals surface area contributed by atoms with Crippen LogP contribution in [-0.4, -0.2) is 31.6 Å². The van der Waals surface area contributed by atoms with Crippen molar-refractivity contribution in [3.8, 4) is 17.9 Å². The van der Waals surface area contributed by atoms with E-state index in [1.165, 1.54) is 0 Å². The number of para-hydroxylation sites is 1. The average Bonchev–Trinajstić information content (AvgIpc) is 2.83. The summed E-state index contributed by atoms with van der Waals surface area (Å²) >= 11 is 0. The van der Waals surface area contributed by atoms with Crippen LogP contribution in [0.1, 0.15) is 18.4 Å². The molecule has 3 aliphatic rings. The first-order valence-corrected chi connectivity index (χ1v) is 7.81. The Hall–Kier alpha value is -2.61. The van der Waals surface area contributed by atoms with Gasteiger partial charge in [-0.3, -0.25) is 0 Å². The van der Waals surface area contributed by atoms with Crippen molar-refractivity contribution in [3.05, 3.63) is 29.8 Å². The number of benzene rings is 1. The molecule has 0 aromatic heterocycles. The van der Waals surface area contributed by atoms with Crippen molar-refractivity contribution in [2.75, 3.05) is 19.8 Å². The lowest BCUT2D eigenvalue weighted by Gasteiger charge is -2.26. The third kappa shape index (κ3) is 1.36. The van der Waals surface area contributed by atoms with Crippen molar-refractivity contribution < 1.29 is 14.2 Å². The number of nitriles is 2. The Morgan fingerprint density at radius 1 is 1.29 bits per heavy atom. The maximum Gasteiger partial charge on any atom is 0.293 e. The Morgan fingerprint density at radius 3 is 2.62 bits per heavy atom. The predicted molar refractivity (Wildman–Crippen MR) is 82.7 cm³/mol. The number of amidine groups is 1. The van der Waals surface area contributed by atoms with Gasteiger partial charge in [-0.05, 0) is 13.0 Å². The molecule has 7 nitrogen and oxygen atoms in total. The van der Waals surface area contributed by atoms with Crippen LogP contribution in [0.3, 0.4) is 0 Å². The summed E-state index contributed by atoms with van der Waals surface area (Å²) < 4.78 is 17.1. The van der Waals surface area contributed by atoms with Gasteiger partial charge in [-0.2, -0.15) is 10.5 Å². The monoisotopic (exact) mass is 324 g/mol. The number of hydrogen-bond donors (Lipinski definition) is 1. The van der Waals surface area contributed by atoms with Gasteiger partial charge in [0, 0.05) is 11.5 Å². The minimum atomic E-state index is -1.51. The van der Waals surface area contributed by atoms with E-state index in [9.17, 15) is 10.5 Å². The standard InChI is InChI=1S/C17H16N4O3/c1-2-22-12-6-4-3-5-11(12)13-15(9-18)14(20)21-17(16(13,15)10-19)23-7-8-24-17/h3-6,13H,2,7-8H2,1H3,(H2,20,21)/t13-,15+,16+/m0/s1. The Morgan fingerprint density at radius 2 is 2.00 bits per heavy atom. The third-order valence-electron chi connectivity index (χ3n) is 5.14. The summed E-state index contributed by atoms with van der Waals surface area (Å²) in [4.78, 5) is 4.25. The molecule has 2 heterocycles. The second kappa shape index (κ2) is 4.70. The average molecular weight is 324 g/mol. The van der Waals surface area contributed by atoms with E-state index in [4.69, 9.17) is 19.9 Å². The summed E-state index contributed by atoms with van der Waals surface area (Å²) in [6.07, 6.45) is 0. The summed E-state index contributed by atoms with van der Waals surface area (Å²) in [5.41, 5.74) is 4.29. The molecule has 2 aliphatic heterocycles. The number of nitrogens with zero attached hydrogens (tertiary/aromatic N) is 3. The molecule has 4 rings (SSSR count). The Balaban J connectivity index is 1.92. The summed E-state index contributed by atoms with van der Waals surface area (Å²) in [5, 5.41) is 19.9. The highest BCUT2D eigenvalue weighted by molar-refractivity contribution is 6.00. The zero-order chi connectivity index (χ0) is 17.0. The topological polar surface area (TPSA) is 114 Å². The van der Waals surface area contributed by atoms with Gasteiger partial charge in [-0.25, -0.2) is 4.99 Å². The fourth-order valence-electron chi connectivity index (χ4n) is 4.19. The summed E-state index contributed by atoms with van der Waals surface area (Å²) in [5.74, 6) is -1.31. The molecule has 24 heavy (non-hydrogen) atoms. The van der Waals surface area contributed by atoms with Gasteiger partial charge in [0.25, 0.3) is 5.91 Å². The SMILES string of the molecule is CCOc1ccccc1[C@H]1[C@]2(C#N)C(N)=NC3(OCCO3)[C@]12C#N. The summed E-state index contributed by atoms with van der Waals surface area (Å²) in [7, 11) is 0. The molecular formula is C17H16N4O3. The highest BCUT2D eigenvalue weighted by Crippen LogP contribution is 2.82. The van der Waals surface area contributed by atoms with E-state index < -0.39 is 22.7 Å². The number of fused-ring (bicyclic) bond motifs is 2. The van der Waals surface area contributed by atoms with Gasteiger partial charge in [0.1, 0.15) is 17.0 Å². The number of rotatable bonds is 3. The molecule has 2 N–H and O–H groups in total. The quantitative estimate of drug-likeness (QED) is 0.895. The first-order valence-electron chi connectivity index (χ1n) is 7.81. The Kier molecular flexibility index (Phi) is 2.93. The van der Waals surface area contributed by atoms with Gasteiger partial charge in [-0.15, -0.1) is 0 Å². The number of aliphatic imine (C=N–C) groups is 1. The number of hydrogen-bond acceptors (Lipinski definition) is 7. The molecule has 2 fully saturated rings. The zero-order valence-electron chi connectivity index (χ0n) is 13.2. The molecule has 1 aromatic rings. The molecule has 0 bridgehead atoms. The van der Waals surface area contributed by atoms with Gasteiger partial charge in [0.2, 0.25) is 0 Å². The van der Waals surface area contributed by atoms with Crippen molar-refractivity contribution in [2.24, 2.45) is 21.6 Å². The lowest BCUT2D eigenvalue weighted by Crippen LogP contribution is -2.38. The number of ether oxygens (including phenoxy) is 3. The van der Waals surface area contributed by atoms with Gasteiger partial charge in [-0.1, -0.05) is 18.2 Å². The van der Waals surface area contributed by atoms with Gasteiger partial charge < -0.3 is 19.9 Å². The molecule has 0 radical (unpaired) electrons. The second-order valence-electron chi connectivity index (χ2n) is 6.02. The second-order valence-corrected chi connectivity index (χ2v) is 6.02. The van der Waals surface area contributed by atoms with Crippen LogP contribution in [0, 0.1) is 33.5 Å². The first-order chi connectivity index (χ1) is 11.6. The van der Waals surface area contributed by atoms with E-state index >= 15 is 0 Å². The van der Waals surface area contributed by atoms with Gasteiger partial charge in [0.05, 0.1) is 32.0 Å². The highest BCUT2D eigenvalue weighted by atomic mass is 16.8. The largest absolute Gasteiger partial charge is 0.494 e. The van der Waals surface area contributed by atoms with Crippen molar-refractivity contribution in [1.29, 1.82) is 10.5 Å². The molecule has 3 atom stereocenters. The van der Waals surface area contributed by atoms with Crippen LogP contribution in [0.5, 0.6) is 5.75 Å². The van der Waals surface area contributed by atoms with E-state index in [1.807, 2.05) is 31.2 Å². The molecule has 1 aromatic carbocycles. The van der Waals surface area contributed by atoms with Crippen molar-refractivity contribution >= 4 is 5.84 Å². The smallest absolute Gasteiger partial charge is 0.293 e. The fraction of sp³-hybridized carbons (Fsp3) is 0.471. The highest BCUT2D eigenvalue weighted by Gasteiger charge is 2.94. The van der Waals surface area contributed by atoms with E-state index in [-0.39, 0.29) is 5.84 Å². The van der Waals surface area contributed by atoms with Gasteiger partial charge in [0.15, 0.2) is 5.41 Å². The van der Waals surface area contributed by atoms with Crippen LogP contribution in [0.15, 0.2) is 29.3 Å². The summed E-state index contributed by atoms with van der Waals surface area (Å²) in [6, 6.07) is 11.9. The molecule has 1 saturated heterocycles. The summed E-state index contributed by atoms with van der Waals surface area (Å²) in [6.45, 7) is 2.97. The van der Waals surface area contributed by atoms with Crippen molar-refractivity contribution in [3.63, 3.8) is 0 Å². The van der Waals surface area contributed by atoms with Crippen LogP contribution in [0.2, 0.25) is 0 Å². The van der Waals surface area contributed by atoms with Crippen LogP contribution in [0.25, 0.3) is 0 Å². The normalized spacial score (nSPS) is 35.0. The van der Waals surface area contributed by atoms with Crippen LogP contribution in [0.4, 0.5) is 0 Å². The van der Waals surface area contributed by atoms with Crippen molar-refractivity contribution in [1.82, 2.24) is 0 Å². The van der Waals surface area contributed by atoms with Crippen LogP contribution < -0.4 is 10.5 Å². The van der Waals surface area contributed by atoms with Crippen LogP contribution >= 0.6 is 0 Å². The zero-order valence-corrected chi connectivity index (χ0v) is 13.2. The maximum absolute atomic E-state index is 10.0. The van der Waals surface area contributed by atoms with Gasteiger partial charge >= 0.3 is 0 Å².